The van der Waals surface area contributed by atoms with Crippen LogP contribution in [0.15, 0.2) is 18.3 Å². The molecule has 1 aromatic heterocycles. The van der Waals surface area contributed by atoms with Crippen molar-refractivity contribution in [3.8, 4) is 5.75 Å². The maximum absolute atomic E-state index is 9.17. The molecular formula is C10H13NO2. The third-order valence-corrected chi connectivity index (χ3v) is 2.67. The van der Waals surface area contributed by atoms with E-state index < -0.39 is 0 Å². The molecule has 1 aromatic rings. The molecule has 0 aromatic carbocycles. The molecule has 3 heteroatoms. The number of hydrogen-bond acceptors (Lipinski definition) is 3. The molecule has 0 saturated heterocycles. The van der Waals surface area contributed by atoms with Gasteiger partial charge in [-0.2, -0.15) is 0 Å². The molecule has 1 heterocycles. The Morgan fingerprint density at radius 3 is 2.69 bits per heavy atom. The molecule has 13 heavy (non-hydrogen) atoms. The average molecular weight is 179 g/mol. The van der Waals surface area contributed by atoms with Crippen LogP contribution in [0.25, 0.3) is 0 Å². The van der Waals surface area contributed by atoms with E-state index in [9.17, 15) is 0 Å². The fourth-order valence-corrected chi connectivity index (χ4v) is 1.46. The molecule has 1 saturated carbocycles. The highest BCUT2D eigenvalue weighted by Gasteiger charge is 2.44. The molecule has 3 nitrogen and oxygen atoms in total. The lowest BCUT2D eigenvalue weighted by atomic mass is 10.0. The van der Waals surface area contributed by atoms with Gasteiger partial charge in [-0.15, -0.1) is 0 Å². The van der Waals surface area contributed by atoms with E-state index in [1.54, 1.807) is 13.3 Å². The summed E-state index contributed by atoms with van der Waals surface area (Å²) >= 11 is 0. The molecule has 1 N–H and O–H groups in total. The van der Waals surface area contributed by atoms with Crippen molar-refractivity contribution in [2.24, 2.45) is 0 Å². The maximum Gasteiger partial charge on any atom is 0.137 e. The Bertz CT molecular complexity index is 290. The van der Waals surface area contributed by atoms with E-state index >= 15 is 0 Å². The highest BCUT2D eigenvalue weighted by atomic mass is 16.5. The Hall–Kier alpha value is -1.09. The summed E-state index contributed by atoms with van der Waals surface area (Å²) in [5, 5.41) is 9.17. The second-order valence-electron chi connectivity index (χ2n) is 3.52. The van der Waals surface area contributed by atoms with Gasteiger partial charge in [0, 0.05) is 11.1 Å². The number of ether oxygens (including phenoxy) is 1. The third-order valence-electron chi connectivity index (χ3n) is 2.67. The second kappa shape index (κ2) is 3.00. The molecule has 0 amide bonds. The Labute approximate surface area is 77.4 Å². The molecule has 1 aliphatic rings. The number of hydrogen-bond donors (Lipinski definition) is 1. The first-order valence-corrected chi connectivity index (χ1v) is 4.42. The van der Waals surface area contributed by atoms with Gasteiger partial charge in [0.05, 0.1) is 19.9 Å². The zero-order chi connectivity index (χ0) is 9.31. The van der Waals surface area contributed by atoms with Crippen LogP contribution in [0.1, 0.15) is 18.5 Å². The van der Waals surface area contributed by atoms with Gasteiger partial charge in [0.15, 0.2) is 0 Å². The standard InChI is InChI=1S/C10H13NO2/c1-13-8-2-3-9(11-6-8)10(7-12)4-5-10/h2-3,6,12H,4-5,7H2,1H3. The number of aliphatic hydroxyl groups is 1. The fourth-order valence-electron chi connectivity index (χ4n) is 1.46. The first kappa shape index (κ1) is 8.51. The van der Waals surface area contributed by atoms with Gasteiger partial charge in [-0.05, 0) is 25.0 Å². The van der Waals surface area contributed by atoms with Gasteiger partial charge in [-0.25, -0.2) is 0 Å². The van der Waals surface area contributed by atoms with Crippen molar-refractivity contribution in [3.63, 3.8) is 0 Å². The van der Waals surface area contributed by atoms with E-state index in [1.807, 2.05) is 12.1 Å². The molecule has 0 spiro atoms. The van der Waals surface area contributed by atoms with Crippen LogP contribution < -0.4 is 4.74 Å². The zero-order valence-electron chi connectivity index (χ0n) is 7.66. The van der Waals surface area contributed by atoms with Crippen molar-refractivity contribution < 1.29 is 9.84 Å². The number of pyridine rings is 1. The van der Waals surface area contributed by atoms with E-state index in [0.717, 1.165) is 24.3 Å². The Balaban J connectivity index is 2.23. The molecule has 70 valence electrons. The number of rotatable bonds is 3. The van der Waals surface area contributed by atoms with Crippen molar-refractivity contribution in [2.75, 3.05) is 13.7 Å². The second-order valence-corrected chi connectivity index (χ2v) is 3.52. The largest absolute Gasteiger partial charge is 0.495 e. The summed E-state index contributed by atoms with van der Waals surface area (Å²) in [6.45, 7) is 0.201. The van der Waals surface area contributed by atoms with E-state index in [4.69, 9.17) is 9.84 Å². The first-order valence-electron chi connectivity index (χ1n) is 4.42. The highest BCUT2D eigenvalue weighted by molar-refractivity contribution is 5.29. The molecule has 1 fully saturated rings. The lowest BCUT2D eigenvalue weighted by molar-refractivity contribution is 0.252. The van der Waals surface area contributed by atoms with Crippen LogP contribution in [-0.4, -0.2) is 23.8 Å². The minimum atomic E-state index is -0.0354. The number of methoxy groups -OCH3 is 1. The molecule has 0 bridgehead atoms. The van der Waals surface area contributed by atoms with Crippen LogP contribution in [0.4, 0.5) is 0 Å². The van der Waals surface area contributed by atoms with Gasteiger partial charge in [-0.1, -0.05) is 0 Å². The van der Waals surface area contributed by atoms with E-state index in [1.165, 1.54) is 0 Å². The first-order chi connectivity index (χ1) is 6.30. The van der Waals surface area contributed by atoms with Gasteiger partial charge in [-0.3, -0.25) is 4.98 Å². The predicted octanol–water partition coefficient (Wildman–Crippen LogP) is 1.11. The molecule has 2 rings (SSSR count). The van der Waals surface area contributed by atoms with Crippen molar-refractivity contribution in [2.45, 2.75) is 18.3 Å². The third kappa shape index (κ3) is 1.40. The van der Waals surface area contributed by atoms with Gasteiger partial charge >= 0.3 is 0 Å². The van der Waals surface area contributed by atoms with Crippen LogP contribution in [0.3, 0.4) is 0 Å². The van der Waals surface area contributed by atoms with Gasteiger partial charge in [0.1, 0.15) is 5.75 Å². The summed E-state index contributed by atoms with van der Waals surface area (Å²) < 4.78 is 5.01. The summed E-state index contributed by atoms with van der Waals surface area (Å²) in [6, 6.07) is 3.82. The molecule has 0 aliphatic heterocycles. The minimum Gasteiger partial charge on any atom is -0.495 e. The molecule has 1 aliphatic carbocycles. The summed E-state index contributed by atoms with van der Waals surface area (Å²) in [6.07, 6.45) is 3.79. The van der Waals surface area contributed by atoms with E-state index in [2.05, 4.69) is 4.98 Å². The van der Waals surface area contributed by atoms with E-state index in [0.29, 0.717) is 0 Å². The van der Waals surface area contributed by atoms with Crippen LogP contribution in [0.2, 0.25) is 0 Å². The van der Waals surface area contributed by atoms with Crippen LogP contribution in [0.5, 0.6) is 5.75 Å². The van der Waals surface area contributed by atoms with Crippen LogP contribution in [0, 0.1) is 0 Å². The number of aliphatic hydroxyl groups excluding tert-OH is 1. The summed E-state index contributed by atoms with van der Waals surface area (Å²) in [7, 11) is 1.62. The summed E-state index contributed by atoms with van der Waals surface area (Å²) in [5.41, 5.74) is 0.947. The molecular weight excluding hydrogens is 166 g/mol. The summed E-state index contributed by atoms with van der Waals surface area (Å²) in [5.74, 6) is 0.762. The number of aromatic nitrogens is 1. The van der Waals surface area contributed by atoms with Gasteiger partial charge < -0.3 is 9.84 Å². The number of nitrogens with zero attached hydrogens (tertiary/aromatic N) is 1. The summed E-state index contributed by atoms with van der Waals surface area (Å²) in [4.78, 5) is 4.27. The quantitative estimate of drug-likeness (QED) is 0.755. The monoisotopic (exact) mass is 179 g/mol. The molecule has 0 atom stereocenters. The molecule has 0 radical (unpaired) electrons. The Morgan fingerprint density at radius 2 is 2.31 bits per heavy atom. The lowest BCUT2D eigenvalue weighted by Gasteiger charge is -2.10. The highest BCUT2D eigenvalue weighted by Crippen LogP contribution is 2.46. The van der Waals surface area contributed by atoms with Gasteiger partial charge in [0.2, 0.25) is 0 Å². The van der Waals surface area contributed by atoms with Crippen molar-refractivity contribution in [1.29, 1.82) is 0 Å². The zero-order valence-corrected chi connectivity index (χ0v) is 7.66. The van der Waals surface area contributed by atoms with Crippen molar-refractivity contribution in [1.82, 2.24) is 4.98 Å². The van der Waals surface area contributed by atoms with Gasteiger partial charge in [0.25, 0.3) is 0 Å². The van der Waals surface area contributed by atoms with Crippen molar-refractivity contribution >= 4 is 0 Å². The fraction of sp³-hybridized carbons (Fsp3) is 0.500. The van der Waals surface area contributed by atoms with E-state index in [-0.39, 0.29) is 12.0 Å². The van der Waals surface area contributed by atoms with Crippen molar-refractivity contribution in [3.05, 3.63) is 24.0 Å². The Kier molecular flexibility index (Phi) is 1.96. The molecule has 0 unspecified atom stereocenters. The predicted molar refractivity (Wildman–Crippen MR) is 48.8 cm³/mol. The average Bonchev–Trinajstić information content (AvgIpc) is 2.99. The normalized spacial score (nSPS) is 18.3. The van der Waals surface area contributed by atoms with Crippen LogP contribution in [-0.2, 0) is 5.41 Å². The minimum absolute atomic E-state index is 0.0354. The topological polar surface area (TPSA) is 42.4 Å². The van der Waals surface area contributed by atoms with Crippen LogP contribution >= 0.6 is 0 Å². The lowest BCUT2D eigenvalue weighted by Crippen LogP contribution is -2.13. The smallest absolute Gasteiger partial charge is 0.137 e. The SMILES string of the molecule is COc1ccc(C2(CO)CC2)nc1. The maximum atomic E-state index is 9.17. The Morgan fingerprint density at radius 1 is 1.54 bits per heavy atom.